The molecule has 1 aliphatic heterocycles. The molecule has 0 aromatic carbocycles. The quantitative estimate of drug-likeness (QED) is 0.649. The van der Waals surface area contributed by atoms with E-state index in [0.29, 0.717) is 6.10 Å². The fraction of sp³-hybridized carbons (Fsp3) is 0.875. The standard InChI is InChI=1S/C16H28O/c1-3-5-13-6-8-14(9-7-13)15-10-11-16(4-2)17-12-15/h4,13-16H,2-3,5-12H2,1H3. The van der Waals surface area contributed by atoms with E-state index in [9.17, 15) is 0 Å². The molecule has 1 nitrogen and oxygen atoms in total. The van der Waals surface area contributed by atoms with Gasteiger partial charge < -0.3 is 4.74 Å². The van der Waals surface area contributed by atoms with Crippen molar-refractivity contribution < 1.29 is 4.74 Å². The second-order valence-electron chi connectivity index (χ2n) is 6.01. The van der Waals surface area contributed by atoms with Crippen LogP contribution < -0.4 is 0 Å². The van der Waals surface area contributed by atoms with Crippen LogP contribution in [0.4, 0.5) is 0 Å². The SMILES string of the molecule is C=CC1CCC(C2CCC(CCC)CC2)CO1. The topological polar surface area (TPSA) is 9.23 Å². The summed E-state index contributed by atoms with van der Waals surface area (Å²) < 4.78 is 5.85. The summed E-state index contributed by atoms with van der Waals surface area (Å²) >= 11 is 0. The molecule has 0 amide bonds. The van der Waals surface area contributed by atoms with Crippen molar-refractivity contribution in [2.75, 3.05) is 6.61 Å². The fourth-order valence-electron chi connectivity index (χ4n) is 3.71. The Morgan fingerprint density at radius 2 is 1.76 bits per heavy atom. The van der Waals surface area contributed by atoms with Gasteiger partial charge in [-0.1, -0.05) is 38.7 Å². The summed E-state index contributed by atoms with van der Waals surface area (Å²) in [5.74, 6) is 2.82. The van der Waals surface area contributed by atoms with Gasteiger partial charge in [0.25, 0.3) is 0 Å². The maximum absolute atomic E-state index is 5.85. The summed E-state index contributed by atoms with van der Waals surface area (Å²) in [6, 6.07) is 0. The van der Waals surface area contributed by atoms with E-state index in [-0.39, 0.29) is 0 Å². The predicted molar refractivity (Wildman–Crippen MR) is 73.0 cm³/mol. The molecule has 2 atom stereocenters. The van der Waals surface area contributed by atoms with Crippen molar-refractivity contribution in [3.8, 4) is 0 Å². The van der Waals surface area contributed by atoms with Gasteiger partial charge in [0.2, 0.25) is 0 Å². The molecule has 0 bridgehead atoms. The average Bonchev–Trinajstić information content (AvgIpc) is 2.40. The van der Waals surface area contributed by atoms with Crippen LogP contribution in [0.25, 0.3) is 0 Å². The molecule has 2 aliphatic rings. The third-order valence-corrected chi connectivity index (χ3v) is 4.86. The van der Waals surface area contributed by atoms with Crippen LogP contribution in [0.1, 0.15) is 58.3 Å². The maximum Gasteiger partial charge on any atom is 0.0753 e. The lowest BCUT2D eigenvalue weighted by Crippen LogP contribution is -2.31. The first kappa shape index (κ1) is 13.1. The van der Waals surface area contributed by atoms with E-state index >= 15 is 0 Å². The van der Waals surface area contributed by atoms with Crippen LogP contribution in [-0.4, -0.2) is 12.7 Å². The molecule has 1 saturated carbocycles. The summed E-state index contributed by atoms with van der Waals surface area (Å²) in [6.45, 7) is 7.13. The number of hydrogen-bond acceptors (Lipinski definition) is 1. The molecule has 1 heteroatoms. The molecule has 0 spiro atoms. The molecule has 17 heavy (non-hydrogen) atoms. The third kappa shape index (κ3) is 3.58. The number of rotatable bonds is 4. The molecule has 0 N–H and O–H groups in total. The van der Waals surface area contributed by atoms with Gasteiger partial charge in [0.05, 0.1) is 12.7 Å². The van der Waals surface area contributed by atoms with E-state index < -0.39 is 0 Å². The second kappa shape index (κ2) is 6.58. The van der Waals surface area contributed by atoms with Gasteiger partial charge in [0, 0.05) is 0 Å². The van der Waals surface area contributed by atoms with Crippen molar-refractivity contribution in [3.63, 3.8) is 0 Å². The van der Waals surface area contributed by atoms with Crippen LogP contribution in [0.3, 0.4) is 0 Å². The van der Waals surface area contributed by atoms with Crippen molar-refractivity contribution >= 4 is 0 Å². The van der Waals surface area contributed by atoms with Crippen LogP contribution in [0.5, 0.6) is 0 Å². The first-order chi connectivity index (χ1) is 8.33. The Hall–Kier alpha value is -0.300. The van der Waals surface area contributed by atoms with Gasteiger partial charge in [-0.05, 0) is 43.4 Å². The largest absolute Gasteiger partial charge is 0.374 e. The lowest BCUT2D eigenvalue weighted by molar-refractivity contribution is -0.0166. The minimum absolute atomic E-state index is 0.336. The van der Waals surface area contributed by atoms with Gasteiger partial charge in [-0.25, -0.2) is 0 Å². The van der Waals surface area contributed by atoms with Crippen LogP contribution in [-0.2, 0) is 4.74 Å². The molecule has 98 valence electrons. The van der Waals surface area contributed by atoms with E-state index in [1.807, 2.05) is 6.08 Å². The van der Waals surface area contributed by atoms with Crippen molar-refractivity contribution in [1.82, 2.24) is 0 Å². The van der Waals surface area contributed by atoms with Gasteiger partial charge in [-0.3, -0.25) is 0 Å². The number of ether oxygens (including phenoxy) is 1. The maximum atomic E-state index is 5.85. The Labute approximate surface area is 107 Å². The molecule has 1 aliphatic carbocycles. The highest BCUT2D eigenvalue weighted by Gasteiger charge is 2.30. The Kier molecular flexibility index (Phi) is 5.09. The summed E-state index contributed by atoms with van der Waals surface area (Å²) in [4.78, 5) is 0. The van der Waals surface area contributed by atoms with E-state index in [1.54, 1.807) is 0 Å². The first-order valence-electron chi connectivity index (χ1n) is 7.57. The van der Waals surface area contributed by atoms with Crippen molar-refractivity contribution in [3.05, 3.63) is 12.7 Å². The summed E-state index contributed by atoms with van der Waals surface area (Å²) in [6.07, 6.45) is 13.5. The van der Waals surface area contributed by atoms with E-state index in [4.69, 9.17) is 4.74 Å². The van der Waals surface area contributed by atoms with Gasteiger partial charge in [0.15, 0.2) is 0 Å². The highest BCUT2D eigenvalue weighted by atomic mass is 16.5. The molecular weight excluding hydrogens is 208 g/mol. The summed E-state index contributed by atoms with van der Waals surface area (Å²) in [5, 5.41) is 0. The molecule has 0 radical (unpaired) electrons. The Balaban J connectivity index is 1.72. The zero-order chi connectivity index (χ0) is 12.1. The zero-order valence-corrected chi connectivity index (χ0v) is 11.4. The molecule has 1 saturated heterocycles. The molecule has 0 aromatic heterocycles. The van der Waals surface area contributed by atoms with Crippen molar-refractivity contribution in [1.29, 1.82) is 0 Å². The highest BCUT2D eigenvalue weighted by molar-refractivity contribution is 4.87. The van der Waals surface area contributed by atoms with Crippen LogP contribution in [0, 0.1) is 17.8 Å². The van der Waals surface area contributed by atoms with Gasteiger partial charge >= 0.3 is 0 Å². The molecular formula is C16H28O. The Bertz CT molecular complexity index is 220. The van der Waals surface area contributed by atoms with Gasteiger partial charge in [-0.15, -0.1) is 6.58 Å². The normalized spacial score (nSPS) is 38.9. The Morgan fingerprint density at radius 3 is 2.29 bits per heavy atom. The van der Waals surface area contributed by atoms with Crippen LogP contribution in [0.2, 0.25) is 0 Å². The molecule has 2 rings (SSSR count). The highest BCUT2D eigenvalue weighted by Crippen LogP contribution is 2.38. The fourth-order valence-corrected chi connectivity index (χ4v) is 3.71. The Morgan fingerprint density at radius 1 is 1.06 bits per heavy atom. The predicted octanol–water partition coefficient (Wildman–Crippen LogP) is 4.57. The van der Waals surface area contributed by atoms with E-state index in [1.165, 1.54) is 51.4 Å². The third-order valence-electron chi connectivity index (χ3n) is 4.86. The van der Waals surface area contributed by atoms with E-state index in [0.717, 1.165) is 24.4 Å². The molecule has 1 heterocycles. The second-order valence-corrected chi connectivity index (χ2v) is 6.01. The molecule has 0 aromatic rings. The first-order valence-corrected chi connectivity index (χ1v) is 7.57. The van der Waals surface area contributed by atoms with E-state index in [2.05, 4.69) is 13.5 Å². The van der Waals surface area contributed by atoms with Gasteiger partial charge in [-0.2, -0.15) is 0 Å². The average molecular weight is 236 g/mol. The van der Waals surface area contributed by atoms with Crippen molar-refractivity contribution in [2.24, 2.45) is 17.8 Å². The lowest BCUT2D eigenvalue weighted by atomic mass is 9.73. The monoisotopic (exact) mass is 236 g/mol. The van der Waals surface area contributed by atoms with Crippen molar-refractivity contribution in [2.45, 2.75) is 64.4 Å². The number of hydrogen-bond donors (Lipinski definition) is 0. The summed E-state index contributed by atoms with van der Waals surface area (Å²) in [5.41, 5.74) is 0. The van der Waals surface area contributed by atoms with Crippen LogP contribution in [0.15, 0.2) is 12.7 Å². The molecule has 2 fully saturated rings. The summed E-state index contributed by atoms with van der Waals surface area (Å²) in [7, 11) is 0. The molecule has 2 unspecified atom stereocenters. The smallest absolute Gasteiger partial charge is 0.0753 e. The van der Waals surface area contributed by atoms with Crippen LogP contribution >= 0.6 is 0 Å². The lowest BCUT2D eigenvalue weighted by Gasteiger charge is -2.37. The zero-order valence-electron chi connectivity index (χ0n) is 11.4. The van der Waals surface area contributed by atoms with Gasteiger partial charge in [0.1, 0.15) is 0 Å². The minimum Gasteiger partial charge on any atom is -0.374 e. The minimum atomic E-state index is 0.336.